The summed E-state index contributed by atoms with van der Waals surface area (Å²) in [5.41, 5.74) is 1.60. The molecule has 70 valence electrons. The van der Waals surface area contributed by atoms with Gasteiger partial charge < -0.3 is 0 Å². The summed E-state index contributed by atoms with van der Waals surface area (Å²) in [4.78, 5) is 0. The number of allylic oxidation sites excluding steroid dienone is 2. The summed E-state index contributed by atoms with van der Waals surface area (Å²) in [6, 6.07) is 0. The van der Waals surface area contributed by atoms with Crippen LogP contribution in [0.25, 0.3) is 0 Å². The maximum absolute atomic E-state index is 2.43. The van der Waals surface area contributed by atoms with E-state index in [-0.39, 0.29) is 0 Å². The maximum atomic E-state index is 2.43. The van der Waals surface area contributed by atoms with Crippen molar-refractivity contribution >= 4 is 0 Å². The molecule has 0 N–H and O–H groups in total. The molecule has 0 aliphatic heterocycles. The first-order valence-corrected chi connectivity index (χ1v) is 5.27. The molecule has 1 aliphatic carbocycles. The molecule has 0 saturated heterocycles. The molecule has 1 rings (SSSR count). The van der Waals surface area contributed by atoms with Crippen LogP contribution < -0.4 is 0 Å². The monoisotopic (exact) mass is 166 g/mol. The van der Waals surface area contributed by atoms with E-state index in [1.54, 1.807) is 5.57 Å². The van der Waals surface area contributed by atoms with Crippen LogP contribution in [0.15, 0.2) is 11.6 Å². The minimum Gasteiger partial charge on any atom is -0.0856 e. The average molecular weight is 166 g/mol. The Labute approximate surface area is 77.1 Å². The van der Waals surface area contributed by atoms with Gasteiger partial charge in [0.25, 0.3) is 0 Å². The van der Waals surface area contributed by atoms with Gasteiger partial charge in [-0.2, -0.15) is 0 Å². The van der Waals surface area contributed by atoms with E-state index in [4.69, 9.17) is 0 Å². The van der Waals surface area contributed by atoms with Gasteiger partial charge in [0, 0.05) is 0 Å². The van der Waals surface area contributed by atoms with Crippen molar-refractivity contribution in [2.45, 2.75) is 47.0 Å². The molecule has 12 heavy (non-hydrogen) atoms. The minimum atomic E-state index is 0.860. The molecule has 1 unspecified atom stereocenters. The Bertz CT molecular complexity index is 165. The summed E-state index contributed by atoms with van der Waals surface area (Å²) in [6.07, 6.45) is 6.46. The van der Waals surface area contributed by atoms with Crippen LogP contribution in [0, 0.1) is 17.8 Å². The zero-order valence-corrected chi connectivity index (χ0v) is 8.93. The van der Waals surface area contributed by atoms with Crippen molar-refractivity contribution in [2.75, 3.05) is 0 Å². The lowest BCUT2D eigenvalue weighted by molar-refractivity contribution is 0.259. The molecule has 0 aromatic heterocycles. The summed E-state index contributed by atoms with van der Waals surface area (Å²) in [7, 11) is 0. The van der Waals surface area contributed by atoms with E-state index < -0.39 is 0 Å². The van der Waals surface area contributed by atoms with Gasteiger partial charge in [-0.15, -0.1) is 0 Å². The van der Waals surface area contributed by atoms with Gasteiger partial charge >= 0.3 is 0 Å². The fourth-order valence-corrected chi connectivity index (χ4v) is 2.54. The van der Waals surface area contributed by atoms with Crippen molar-refractivity contribution < 1.29 is 0 Å². The van der Waals surface area contributed by atoms with Crippen LogP contribution in [0.3, 0.4) is 0 Å². The lowest BCUT2D eigenvalue weighted by Crippen LogP contribution is -2.16. The lowest BCUT2D eigenvalue weighted by atomic mass is 9.80. The zero-order chi connectivity index (χ0) is 9.14. The summed E-state index contributed by atoms with van der Waals surface area (Å²) in [5.74, 6) is 2.70. The van der Waals surface area contributed by atoms with E-state index in [2.05, 4.69) is 33.8 Å². The van der Waals surface area contributed by atoms with Crippen LogP contribution in [0.1, 0.15) is 47.0 Å². The van der Waals surface area contributed by atoms with Gasteiger partial charge in [0.05, 0.1) is 0 Å². The Kier molecular flexibility index (Phi) is 3.37. The first-order chi connectivity index (χ1) is 5.61. The van der Waals surface area contributed by atoms with Crippen molar-refractivity contribution in [1.29, 1.82) is 0 Å². The van der Waals surface area contributed by atoms with E-state index >= 15 is 0 Å². The van der Waals surface area contributed by atoms with Gasteiger partial charge in [0.15, 0.2) is 0 Å². The Hall–Kier alpha value is -0.260. The number of rotatable bonds is 1. The highest BCUT2D eigenvalue weighted by Gasteiger charge is 2.22. The summed E-state index contributed by atoms with van der Waals surface area (Å²) >= 11 is 0. The predicted molar refractivity (Wildman–Crippen MR) is 55.1 cm³/mol. The third-order valence-corrected chi connectivity index (χ3v) is 3.22. The standard InChI is InChI=1S/C12H22/c1-9(2)12-7-5-6-10(3)8-11(12)4/h6,9,11-12H,5,7-8H2,1-4H3/t11?,12-/m0/s1. The predicted octanol–water partition coefficient (Wildman–Crippen LogP) is 4.02. The third-order valence-electron chi connectivity index (χ3n) is 3.22. The molecule has 0 saturated carbocycles. The van der Waals surface area contributed by atoms with Crippen LogP contribution in [0.5, 0.6) is 0 Å². The van der Waals surface area contributed by atoms with Crippen LogP contribution in [-0.4, -0.2) is 0 Å². The first kappa shape index (κ1) is 9.83. The Morgan fingerprint density at radius 3 is 2.67 bits per heavy atom. The Balaban J connectivity index is 2.58. The molecule has 0 radical (unpaired) electrons. The van der Waals surface area contributed by atoms with Gasteiger partial charge in [0.2, 0.25) is 0 Å². The molecule has 0 aromatic rings. The minimum absolute atomic E-state index is 0.860. The molecule has 0 amide bonds. The Morgan fingerprint density at radius 1 is 1.42 bits per heavy atom. The largest absolute Gasteiger partial charge is 0.0856 e. The lowest BCUT2D eigenvalue weighted by Gasteiger charge is -2.25. The van der Waals surface area contributed by atoms with Crippen molar-refractivity contribution in [3.8, 4) is 0 Å². The highest BCUT2D eigenvalue weighted by atomic mass is 14.3. The molecule has 1 aliphatic rings. The molecular weight excluding hydrogens is 144 g/mol. The van der Waals surface area contributed by atoms with Crippen LogP contribution in [-0.2, 0) is 0 Å². The fourth-order valence-electron chi connectivity index (χ4n) is 2.54. The van der Waals surface area contributed by atoms with E-state index in [9.17, 15) is 0 Å². The van der Waals surface area contributed by atoms with Crippen molar-refractivity contribution in [3.05, 3.63) is 11.6 Å². The maximum Gasteiger partial charge on any atom is -0.0294 e. The summed E-state index contributed by atoms with van der Waals surface area (Å²) in [5, 5.41) is 0. The highest BCUT2D eigenvalue weighted by molar-refractivity contribution is 5.02. The molecular formula is C12H22. The molecule has 0 nitrogen and oxygen atoms in total. The summed E-state index contributed by atoms with van der Waals surface area (Å²) < 4.78 is 0. The quantitative estimate of drug-likeness (QED) is 0.516. The molecule has 0 heteroatoms. The third kappa shape index (κ3) is 2.36. The summed E-state index contributed by atoms with van der Waals surface area (Å²) in [6.45, 7) is 9.41. The van der Waals surface area contributed by atoms with Crippen molar-refractivity contribution in [2.24, 2.45) is 17.8 Å². The fraction of sp³-hybridized carbons (Fsp3) is 0.833. The van der Waals surface area contributed by atoms with Crippen molar-refractivity contribution in [3.63, 3.8) is 0 Å². The molecule has 0 aromatic carbocycles. The molecule has 0 bridgehead atoms. The zero-order valence-electron chi connectivity index (χ0n) is 8.93. The van der Waals surface area contributed by atoms with E-state index in [1.807, 2.05) is 0 Å². The van der Waals surface area contributed by atoms with Gasteiger partial charge in [-0.25, -0.2) is 0 Å². The van der Waals surface area contributed by atoms with Crippen LogP contribution in [0.2, 0.25) is 0 Å². The highest BCUT2D eigenvalue weighted by Crippen LogP contribution is 2.33. The Morgan fingerprint density at radius 2 is 2.08 bits per heavy atom. The number of hydrogen-bond donors (Lipinski definition) is 0. The van der Waals surface area contributed by atoms with Crippen LogP contribution >= 0.6 is 0 Å². The smallest absolute Gasteiger partial charge is 0.0294 e. The first-order valence-electron chi connectivity index (χ1n) is 5.27. The normalized spacial score (nSPS) is 31.6. The second-order valence-corrected chi connectivity index (χ2v) is 4.72. The number of hydrogen-bond acceptors (Lipinski definition) is 0. The van der Waals surface area contributed by atoms with E-state index in [0.29, 0.717) is 0 Å². The van der Waals surface area contributed by atoms with Crippen LogP contribution in [0.4, 0.5) is 0 Å². The average Bonchev–Trinajstić information content (AvgIpc) is 2.10. The van der Waals surface area contributed by atoms with Gasteiger partial charge in [-0.3, -0.25) is 0 Å². The molecule has 0 heterocycles. The second kappa shape index (κ2) is 4.11. The van der Waals surface area contributed by atoms with Gasteiger partial charge in [-0.1, -0.05) is 32.4 Å². The van der Waals surface area contributed by atoms with E-state index in [0.717, 1.165) is 17.8 Å². The molecule has 2 atom stereocenters. The molecule has 0 fully saturated rings. The van der Waals surface area contributed by atoms with Gasteiger partial charge in [0.1, 0.15) is 0 Å². The van der Waals surface area contributed by atoms with Gasteiger partial charge in [-0.05, 0) is 43.9 Å². The molecule has 0 spiro atoms. The SMILES string of the molecule is CC1=CCC[C@@H](C(C)C)C(C)C1. The van der Waals surface area contributed by atoms with Crippen molar-refractivity contribution in [1.82, 2.24) is 0 Å². The second-order valence-electron chi connectivity index (χ2n) is 4.72. The van der Waals surface area contributed by atoms with E-state index in [1.165, 1.54) is 19.3 Å². The topological polar surface area (TPSA) is 0 Å².